The number of hydrogen-bond donors (Lipinski definition) is 1. The molecule has 1 rings (SSSR count). The van der Waals surface area contributed by atoms with Crippen LogP contribution in [0, 0.1) is 0 Å². The number of hydrogen-bond acceptors (Lipinski definition) is 3. The molecular weight excluding hydrogens is 154 g/mol. The highest BCUT2D eigenvalue weighted by Crippen LogP contribution is 2.02. The monoisotopic (exact) mass is 165 g/mol. The first-order valence-corrected chi connectivity index (χ1v) is 3.81. The van der Waals surface area contributed by atoms with E-state index in [-0.39, 0.29) is 5.91 Å². The Labute approximate surface area is 71.0 Å². The third-order valence-electron chi connectivity index (χ3n) is 1.34. The van der Waals surface area contributed by atoms with E-state index in [1.807, 2.05) is 6.92 Å². The number of nitrogens with zero attached hydrogens (tertiary/aromatic N) is 2. The SMILES string of the molecule is CCc1ncc(NC(C)=O)cn1. The summed E-state index contributed by atoms with van der Waals surface area (Å²) in [4.78, 5) is 18.6. The minimum absolute atomic E-state index is 0.108. The fourth-order valence-electron chi connectivity index (χ4n) is 0.805. The summed E-state index contributed by atoms with van der Waals surface area (Å²) in [6.45, 7) is 3.43. The van der Waals surface area contributed by atoms with Crippen molar-refractivity contribution in [1.29, 1.82) is 0 Å². The standard InChI is InChI=1S/C8H11N3O/c1-3-8-9-4-7(5-10-8)11-6(2)12/h4-5H,3H2,1-2H3,(H,11,12). The molecule has 0 unspecified atom stereocenters. The van der Waals surface area contributed by atoms with Crippen LogP contribution >= 0.6 is 0 Å². The largest absolute Gasteiger partial charge is 0.324 e. The van der Waals surface area contributed by atoms with Crippen LogP contribution in [0.5, 0.6) is 0 Å². The van der Waals surface area contributed by atoms with Crippen LogP contribution in [0.3, 0.4) is 0 Å². The molecule has 0 aliphatic heterocycles. The van der Waals surface area contributed by atoms with Crippen LogP contribution in [-0.2, 0) is 11.2 Å². The summed E-state index contributed by atoms with van der Waals surface area (Å²) in [5.41, 5.74) is 0.639. The fraction of sp³-hybridized carbons (Fsp3) is 0.375. The lowest BCUT2D eigenvalue weighted by molar-refractivity contribution is -0.114. The zero-order chi connectivity index (χ0) is 8.97. The van der Waals surface area contributed by atoms with Gasteiger partial charge >= 0.3 is 0 Å². The van der Waals surface area contributed by atoms with Crippen molar-refractivity contribution >= 4 is 11.6 Å². The maximum Gasteiger partial charge on any atom is 0.221 e. The van der Waals surface area contributed by atoms with Crippen molar-refractivity contribution in [3.63, 3.8) is 0 Å². The Bertz CT molecular complexity index is 268. The summed E-state index contributed by atoms with van der Waals surface area (Å²) in [5.74, 6) is 0.673. The minimum Gasteiger partial charge on any atom is -0.324 e. The predicted octanol–water partition coefficient (Wildman–Crippen LogP) is 0.997. The smallest absolute Gasteiger partial charge is 0.221 e. The second-order valence-corrected chi connectivity index (χ2v) is 2.42. The van der Waals surface area contributed by atoms with Gasteiger partial charge in [-0.2, -0.15) is 0 Å². The van der Waals surface area contributed by atoms with E-state index in [4.69, 9.17) is 0 Å². The number of aryl methyl sites for hydroxylation is 1. The van der Waals surface area contributed by atoms with E-state index < -0.39 is 0 Å². The van der Waals surface area contributed by atoms with Gasteiger partial charge in [0, 0.05) is 13.3 Å². The molecule has 4 heteroatoms. The van der Waals surface area contributed by atoms with Crippen molar-refractivity contribution in [1.82, 2.24) is 9.97 Å². The van der Waals surface area contributed by atoms with E-state index in [0.29, 0.717) is 5.69 Å². The molecule has 0 radical (unpaired) electrons. The summed E-state index contributed by atoms with van der Waals surface area (Å²) >= 11 is 0. The van der Waals surface area contributed by atoms with Crippen LogP contribution in [0.25, 0.3) is 0 Å². The molecule has 0 saturated carbocycles. The van der Waals surface area contributed by atoms with Crippen molar-refractivity contribution in [2.75, 3.05) is 5.32 Å². The summed E-state index contributed by atoms with van der Waals surface area (Å²) in [6.07, 6.45) is 4.01. The van der Waals surface area contributed by atoms with Gasteiger partial charge in [-0.15, -0.1) is 0 Å². The molecule has 4 nitrogen and oxygen atoms in total. The molecule has 1 aromatic heterocycles. The van der Waals surface area contributed by atoms with Crippen LogP contribution in [0.15, 0.2) is 12.4 Å². The summed E-state index contributed by atoms with van der Waals surface area (Å²) < 4.78 is 0. The summed E-state index contributed by atoms with van der Waals surface area (Å²) in [6, 6.07) is 0. The summed E-state index contributed by atoms with van der Waals surface area (Å²) in [5, 5.41) is 2.59. The molecule has 0 aromatic carbocycles. The average molecular weight is 165 g/mol. The van der Waals surface area contributed by atoms with Crippen LogP contribution in [0.4, 0.5) is 5.69 Å². The number of rotatable bonds is 2. The van der Waals surface area contributed by atoms with Crippen molar-refractivity contribution in [2.45, 2.75) is 20.3 Å². The highest BCUT2D eigenvalue weighted by atomic mass is 16.1. The zero-order valence-corrected chi connectivity index (χ0v) is 7.16. The lowest BCUT2D eigenvalue weighted by Crippen LogP contribution is -2.06. The molecule has 0 atom stereocenters. The van der Waals surface area contributed by atoms with Gasteiger partial charge in [-0.25, -0.2) is 9.97 Å². The van der Waals surface area contributed by atoms with Crippen LogP contribution in [0.2, 0.25) is 0 Å². The first kappa shape index (κ1) is 8.64. The molecule has 0 aliphatic carbocycles. The van der Waals surface area contributed by atoms with Gasteiger partial charge in [0.2, 0.25) is 5.91 Å². The molecule has 1 aromatic rings. The Morgan fingerprint density at radius 2 is 2.08 bits per heavy atom. The Morgan fingerprint density at radius 3 is 2.50 bits per heavy atom. The van der Waals surface area contributed by atoms with Crippen LogP contribution < -0.4 is 5.32 Å². The number of nitrogens with one attached hydrogen (secondary N) is 1. The highest BCUT2D eigenvalue weighted by molar-refractivity contribution is 5.88. The number of carbonyl (C=O) groups is 1. The normalized spacial score (nSPS) is 9.50. The Kier molecular flexibility index (Phi) is 2.74. The maximum absolute atomic E-state index is 10.6. The van der Waals surface area contributed by atoms with Gasteiger partial charge in [0.1, 0.15) is 5.82 Å². The molecule has 1 heterocycles. The van der Waals surface area contributed by atoms with Gasteiger partial charge in [-0.1, -0.05) is 6.92 Å². The van der Waals surface area contributed by atoms with Gasteiger partial charge in [0.05, 0.1) is 18.1 Å². The lowest BCUT2D eigenvalue weighted by Gasteiger charge is -2.00. The third-order valence-corrected chi connectivity index (χ3v) is 1.34. The molecule has 64 valence electrons. The molecule has 12 heavy (non-hydrogen) atoms. The predicted molar refractivity (Wildman–Crippen MR) is 45.7 cm³/mol. The van der Waals surface area contributed by atoms with Gasteiger partial charge in [0.25, 0.3) is 0 Å². The number of amides is 1. The van der Waals surface area contributed by atoms with Gasteiger partial charge in [-0.3, -0.25) is 4.79 Å². The second kappa shape index (κ2) is 3.80. The molecule has 0 spiro atoms. The Balaban J connectivity index is 2.71. The molecule has 0 bridgehead atoms. The van der Waals surface area contributed by atoms with Crippen LogP contribution in [-0.4, -0.2) is 15.9 Å². The molecule has 0 aliphatic rings. The van der Waals surface area contributed by atoms with Gasteiger partial charge < -0.3 is 5.32 Å². The van der Waals surface area contributed by atoms with E-state index in [9.17, 15) is 4.79 Å². The van der Waals surface area contributed by atoms with Crippen molar-refractivity contribution in [2.24, 2.45) is 0 Å². The van der Waals surface area contributed by atoms with E-state index in [0.717, 1.165) is 12.2 Å². The third kappa shape index (κ3) is 2.30. The lowest BCUT2D eigenvalue weighted by atomic mass is 10.4. The van der Waals surface area contributed by atoms with E-state index in [1.165, 1.54) is 6.92 Å². The number of carbonyl (C=O) groups excluding carboxylic acids is 1. The highest BCUT2D eigenvalue weighted by Gasteiger charge is 1.96. The topological polar surface area (TPSA) is 54.9 Å². The van der Waals surface area contributed by atoms with E-state index in [1.54, 1.807) is 12.4 Å². The molecule has 0 saturated heterocycles. The molecule has 1 N–H and O–H groups in total. The van der Waals surface area contributed by atoms with Gasteiger partial charge in [0.15, 0.2) is 0 Å². The van der Waals surface area contributed by atoms with Crippen molar-refractivity contribution < 1.29 is 4.79 Å². The van der Waals surface area contributed by atoms with Crippen LogP contribution in [0.1, 0.15) is 19.7 Å². The maximum atomic E-state index is 10.6. The molecular formula is C8H11N3O. The molecule has 0 fully saturated rings. The minimum atomic E-state index is -0.108. The summed E-state index contributed by atoms with van der Waals surface area (Å²) in [7, 11) is 0. The van der Waals surface area contributed by atoms with Crippen molar-refractivity contribution in [3.8, 4) is 0 Å². The molecule has 1 amide bonds. The number of aromatic nitrogens is 2. The second-order valence-electron chi connectivity index (χ2n) is 2.42. The number of anilines is 1. The van der Waals surface area contributed by atoms with Gasteiger partial charge in [-0.05, 0) is 0 Å². The zero-order valence-electron chi connectivity index (χ0n) is 7.16. The van der Waals surface area contributed by atoms with E-state index in [2.05, 4.69) is 15.3 Å². The fourth-order valence-corrected chi connectivity index (χ4v) is 0.805. The first-order chi connectivity index (χ1) is 5.72. The quantitative estimate of drug-likeness (QED) is 0.711. The average Bonchev–Trinajstić information content (AvgIpc) is 2.05. The van der Waals surface area contributed by atoms with E-state index >= 15 is 0 Å². The first-order valence-electron chi connectivity index (χ1n) is 3.81. The Hall–Kier alpha value is -1.45. The van der Waals surface area contributed by atoms with Crippen molar-refractivity contribution in [3.05, 3.63) is 18.2 Å². The Morgan fingerprint density at radius 1 is 1.50 bits per heavy atom.